The van der Waals surface area contributed by atoms with Gasteiger partial charge >= 0.3 is 0 Å². The molecule has 0 saturated carbocycles. The number of carbonyl (C=O) groups excluding carboxylic acids is 1. The Morgan fingerprint density at radius 2 is 2.12 bits per heavy atom. The Bertz CT molecular complexity index is 872. The third-order valence-corrected chi connectivity index (χ3v) is 5.59. The highest BCUT2D eigenvalue weighted by molar-refractivity contribution is 7.16. The second-order valence-corrected chi connectivity index (χ2v) is 7.38. The molecule has 1 N–H and O–H groups in total. The van der Waals surface area contributed by atoms with Crippen molar-refractivity contribution in [3.05, 3.63) is 50.4 Å². The Kier molecular flexibility index (Phi) is 4.57. The van der Waals surface area contributed by atoms with Crippen molar-refractivity contribution in [3.8, 4) is 6.07 Å². The highest BCUT2D eigenvalue weighted by atomic mass is 35.5. The lowest BCUT2D eigenvalue weighted by Crippen LogP contribution is -2.13. The highest BCUT2D eigenvalue weighted by Gasteiger charge is 2.25. The van der Waals surface area contributed by atoms with Crippen LogP contribution in [-0.2, 0) is 12.8 Å². The molecule has 2 aromatic rings. The number of amides is 1. The van der Waals surface area contributed by atoms with Gasteiger partial charge in [0.25, 0.3) is 5.91 Å². The van der Waals surface area contributed by atoms with Gasteiger partial charge in [0, 0.05) is 4.88 Å². The molecular formula is C17H13ClF2N2OS. The van der Waals surface area contributed by atoms with Gasteiger partial charge in [-0.25, -0.2) is 8.78 Å². The van der Waals surface area contributed by atoms with Crippen molar-refractivity contribution in [1.82, 2.24) is 0 Å². The molecule has 0 saturated heterocycles. The van der Waals surface area contributed by atoms with Gasteiger partial charge in [-0.2, -0.15) is 5.26 Å². The van der Waals surface area contributed by atoms with Crippen LogP contribution in [0, 0.1) is 28.9 Å². The summed E-state index contributed by atoms with van der Waals surface area (Å²) in [5.74, 6) is -2.40. The van der Waals surface area contributed by atoms with E-state index in [1.54, 1.807) is 0 Å². The molecule has 1 aliphatic rings. The molecule has 3 rings (SSSR count). The maximum absolute atomic E-state index is 13.4. The van der Waals surface area contributed by atoms with Gasteiger partial charge in [-0.3, -0.25) is 4.79 Å². The first-order valence-corrected chi connectivity index (χ1v) is 8.60. The fourth-order valence-corrected chi connectivity index (χ4v) is 4.42. The van der Waals surface area contributed by atoms with Crippen LogP contribution in [0.3, 0.4) is 0 Å². The molecule has 1 heterocycles. The highest BCUT2D eigenvalue weighted by Crippen LogP contribution is 2.39. The van der Waals surface area contributed by atoms with E-state index in [4.69, 9.17) is 11.6 Å². The first kappa shape index (κ1) is 16.9. The average molecular weight is 367 g/mol. The van der Waals surface area contributed by atoms with Crippen molar-refractivity contribution in [3.63, 3.8) is 0 Å². The number of carbonyl (C=O) groups is 1. The summed E-state index contributed by atoms with van der Waals surface area (Å²) in [5.41, 5.74) is 1.26. The molecule has 7 heteroatoms. The molecule has 1 amide bonds. The Hall–Kier alpha value is -1.97. The number of rotatable bonds is 2. The average Bonchev–Trinajstić information content (AvgIpc) is 2.86. The fraction of sp³-hybridized carbons (Fsp3) is 0.294. The molecule has 0 fully saturated rings. The smallest absolute Gasteiger partial charge is 0.257 e. The minimum absolute atomic E-state index is 0.167. The van der Waals surface area contributed by atoms with Gasteiger partial charge in [0.1, 0.15) is 11.1 Å². The van der Waals surface area contributed by atoms with E-state index in [2.05, 4.69) is 18.3 Å². The molecule has 1 aromatic heterocycles. The Balaban J connectivity index is 1.93. The van der Waals surface area contributed by atoms with Crippen LogP contribution in [0.25, 0.3) is 0 Å². The standard InChI is InChI=1S/C17H13ClF2N2OS/c1-8-2-3-9-11(7-21)17(24-15(9)4-8)22-16(23)10-5-13(19)14(20)6-12(10)18/h5-6,8H,2-4H2,1H3,(H,22,23)/t8-/m1/s1. The quantitative estimate of drug-likeness (QED) is 0.766. The zero-order chi connectivity index (χ0) is 17.4. The lowest BCUT2D eigenvalue weighted by Gasteiger charge is -2.17. The summed E-state index contributed by atoms with van der Waals surface area (Å²) >= 11 is 7.19. The van der Waals surface area contributed by atoms with Crippen molar-refractivity contribution >= 4 is 33.8 Å². The zero-order valence-electron chi connectivity index (χ0n) is 12.8. The summed E-state index contributed by atoms with van der Waals surface area (Å²) in [6.45, 7) is 2.15. The van der Waals surface area contributed by atoms with Gasteiger partial charge < -0.3 is 5.32 Å². The first-order valence-electron chi connectivity index (χ1n) is 7.41. The summed E-state index contributed by atoms with van der Waals surface area (Å²) in [4.78, 5) is 13.5. The van der Waals surface area contributed by atoms with E-state index in [0.29, 0.717) is 16.5 Å². The van der Waals surface area contributed by atoms with E-state index in [0.717, 1.165) is 41.8 Å². The van der Waals surface area contributed by atoms with Gasteiger partial charge in [-0.1, -0.05) is 18.5 Å². The van der Waals surface area contributed by atoms with Gasteiger partial charge in [0.05, 0.1) is 16.1 Å². The van der Waals surface area contributed by atoms with Gasteiger partial charge in [0.2, 0.25) is 0 Å². The molecule has 124 valence electrons. The van der Waals surface area contributed by atoms with Crippen LogP contribution < -0.4 is 5.32 Å². The van der Waals surface area contributed by atoms with Crippen molar-refractivity contribution in [1.29, 1.82) is 5.26 Å². The molecule has 1 aromatic carbocycles. The third kappa shape index (κ3) is 3.02. The van der Waals surface area contributed by atoms with E-state index in [1.165, 1.54) is 11.3 Å². The van der Waals surface area contributed by atoms with Crippen LogP contribution in [0.2, 0.25) is 5.02 Å². The normalized spacial score (nSPS) is 16.4. The molecule has 0 spiro atoms. The van der Waals surface area contributed by atoms with E-state index < -0.39 is 17.5 Å². The Labute approximate surface area is 146 Å². The lowest BCUT2D eigenvalue weighted by atomic mass is 9.88. The molecule has 1 aliphatic carbocycles. The van der Waals surface area contributed by atoms with E-state index >= 15 is 0 Å². The first-order chi connectivity index (χ1) is 11.4. The predicted molar refractivity (Wildman–Crippen MR) is 89.5 cm³/mol. The molecule has 3 nitrogen and oxygen atoms in total. The zero-order valence-corrected chi connectivity index (χ0v) is 14.3. The van der Waals surface area contributed by atoms with E-state index in [-0.39, 0.29) is 10.6 Å². The van der Waals surface area contributed by atoms with Gasteiger partial charge in [-0.15, -0.1) is 11.3 Å². The SMILES string of the molecule is C[C@@H]1CCc2c(sc(NC(=O)c3cc(F)c(F)cc3Cl)c2C#N)C1. The Morgan fingerprint density at radius 3 is 2.83 bits per heavy atom. The van der Waals surface area contributed by atoms with Crippen LogP contribution >= 0.6 is 22.9 Å². The molecule has 0 unspecified atom stereocenters. The van der Waals surface area contributed by atoms with Gasteiger partial charge in [0.15, 0.2) is 11.6 Å². The van der Waals surface area contributed by atoms with Crippen molar-refractivity contribution in [2.75, 3.05) is 5.32 Å². The Morgan fingerprint density at radius 1 is 1.42 bits per heavy atom. The topological polar surface area (TPSA) is 52.9 Å². The summed E-state index contributed by atoms with van der Waals surface area (Å²) in [6.07, 6.45) is 2.68. The van der Waals surface area contributed by atoms with Crippen LogP contribution in [0.4, 0.5) is 13.8 Å². The summed E-state index contributed by atoms with van der Waals surface area (Å²) in [7, 11) is 0. The van der Waals surface area contributed by atoms with E-state index in [9.17, 15) is 18.8 Å². The van der Waals surface area contributed by atoms with E-state index in [1.807, 2.05) is 0 Å². The number of nitrogens with one attached hydrogen (secondary N) is 1. The molecule has 0 bridgehead atoms. The van der Waals surface area contributed by atoms with Crippen molar-refractivity contribution < 1.29 is 13.6 Å². The molecule has 0 radical (unpaired) electrons. The number of halogens is 3. The molecule has 1 atom stereocenters. The van der Waals surface area contributed by atoms with Crippen LogP contribution in [0.15, 0.2) is 12.1 Å². The van der Waals surface area contributed by atoms with Crippen LogP contribution in [0.1, 0.15) is 39.7 Å². The summed E-state index contributed by atoms with van der Waals surface area (Å²) in [5, 5.41) is 12.3. The van der Waals surface area contributed by atoms with Gasteiger partial charge in [-0.05, 0) is 42.9 Å². The number of fused-ring (bicyclic) bond motifs is 1. The molecule has 24 heavy (non-hydrogen) atoms. The fourth-order valence-electron chi connectivity index (χ4n) is 2.82. The monoisotopic (exact) mass is 366 g/mol. The van der Waals surface area contributed by atoms with Crippen molar-refractivity contribution in [2.24, 2.45) is 5.92 Å². The molecular weight excluding hydrogens is 354 g/mol. The number of hydrogen-bond acceptors (Lipinski definition) is 3. The number of hydrogen-bond donors (Lipinski definition) is 1. The minimum Gasteiger partial charge on any atom is -0.312 e. The largest absolute Gasteiger partial charge is 0.312 e. The number of anilines is 1. The second kappa shape index (κ2) is 6.50. The maximum atomic E-state index is 13.4. The number of benzene rings is 1. The van der Waals surface area contributed by atoms with Crippen LogP contribution in [0.5, 0.6) is 0 Å². The van der Waals surface area contributed by atoms with Crippen molar-refractivity contribution in [2.45, 2.75) is 26.2 Å². The minimum atomic E-state index is -1.15. The summed E-state index contributed by atoms with van der Waals surface area (Å²) in [6, 6.07) is 3.66. The summed E-state index contributed by atoms with van der Waals surface area (Å²) < 4.78 is 26.5. The molecule has 0 aliphatic heterocycles. The third-order valence-electron chi connectivity index (χ3n) is 4.11. The predicted octanol–water partition coefficient (Wildman–Crippen LogP) is 4.93. The lowest BCUT2D eigenvalue weighted by molar-refractivity contribution is 0.102. The second-order valence-electron chi connectivity index (χ2n) is 5.87. The van der Waals surface area contributed by atoms with Crippen LogP contribution in [-0.4, -0.2) is 5.91 Å². The number of nitriles is 1. The number of thiophene rings is 1. The maximum Gasteiger partial charge on any atom is 0.257 e. The number of nitrogens with zero attached hydrogens (tertiary/aromatic N) is 1.